The molecule has 122 valence electrons. The monoisotopic (exact) mass is 316 g/mol. The Morgan fingerprint density at radius 2 is 1.62 bits per heavy atom. The van der Waals surface area contributed by atoms with Gasteiger partial charge in [-0.15, -0.1) is 0 Å². The van der Waals surface area contributed by atoms with Crippen molar-refractivity contribution in [3.05, 3.63) is 70.3 Å². The van der Waals surface area contributed by atoms with E-state index in [1.165, 1.54) is 56.3 Å². The van der Waals surface area contributed by atoms with Gasteiger partial charge >= 0.3 is 0 Å². The summed E-state index contributed by atoms with van der Waals surface area (Å²) in [6.45, 7) is 2.45. The Kier molecular flexibility index (Phi) is 4.36. The van der Waals surface area contributed by atoms with Crippen molar-refractivity contribution >= 4 is 0 Å². The molecule has 0 unspecified atom stereocenters. The van der Waals surface area contributed by atoms with Crippen LogP contribution in [0.25, 0.3) is 0 Å². The van der Waals surface area contributed by atoms with Crippen LogP contribution in [-0.2, 0) is 19.3 Å². The van der Waals surface area contributed by atoms with E-state index in [1.54, 1.807) is 11.1 Å². The molecule has 0 saturated heterocycles. The van der Waals surface area contributed by atoms with Crippen LogP contribution < -0.4 is 0 Å². The first-order valence-corrected chi connectivity index (χ1v) is 9.15. The molecule has 0 atom stereocenters. The highest BCUT2D eigenvalue weighted by Gasteiger charge is 2.26. The number of nitrogens with zero attached hydrogens (tertiary/aromatic N) is 2. The summed E-state index contributed by atoms with van der Waals surface area (Å²) >= 11 is 0. The standard InChI is InChI=1S/C22H24N2/c23-16-18-6-4-17(5-7-18)14-19-8-9-20-10-12-24(22-2-1-3-22)13-11-21(20)15-19/h4-9,15,22H,1-3,10-14H2. The van der Waals surface area contributed by atoms with Gasteiger partial charge in [0.25, 0.3) is 0 Å². The lowest BCUT2D eigenvalue weighted by Gasteiger charge is -2.36. The second kappa shape index (κ2) is 6.79. The Hall–Kier alpha value is -2.11. The lowest BCUT2D eigenvalue weighted by atomic mass is 9.91. The van der Waals surface area contributed by atoms with Crippen LogP contribution in [0.5, 0.6) is 0 Å². The molecule has 0 bridgehead atoms. The van der Waals surface area contributed by atoms with Crippen LogP contribution in [0.3, 0.4) is 0 Å². The number of rotatable bonds is 3. The molecule has 0 spiro atoms. The molecule has 0 radical (unpaired) electrons. The van der Waals surface area contributed by atoms with Gasteiger partial charge in [-0.25, -0.2) is 0 Å². The van der Waals surface area contributed by atoms with Crippen molar-refractivity contribution < 1.29 is 0 Å². The maximum atomic E-state index is 8.91. The zero-order valence-corrected chi connectivity index (χ0v) is 14.2. The second-order valence-electron chi connectivity index (χ2n) is 7.21. The van der Waals surface area contributed by atoms with E-state index in [-0.39, 0.29) is 0 Å². The molecule has 1 heterocycles. The molecular formula is C22H24N2. The van der Waals surface area contributed by atoms with Gasteiger partial charge in [0, 0.05) is 19.1 Å². The molecular weight excluding hydrogens is 292 g/mol. The fourth-order valence-electron chi connectivity index (χ4n) is 3.96. The van der Waals surface area contributed by atoms with Crippen molar-refractivity contribution in [2.45, 2.75) is 44.6 Å². The van der Waals surface area contributed by atoms with E-state index in [0.29, 0.717) is 0 Å². The second-order valence-corrected chi connectivity index (χ2v) is 7.21. The van der Waals surface area contributed by atoms with Crippen molar-refractivity contribution in [2.24, 2.45) is 0 Å². The van der Waals surface area contributed by atoms with Gasteiger partial charge in [0.05, 0.1) is 11.6 Å². The molecule has 2 aromatic carbocycles. The maximum Gasteiger partial charge on any atom is 0.0991 e. The lowest BCUT2D eigenvalue weighted by Crippen LogP contribution is -2.41. The Labute approximate surface area is 144 Å². The molecule has 24 heavy (non-hydrogen) atoms. The Bertz CT molecular complexity index is 751. The molecule has 2 nitrogen and oxygen atoms in total. The molecule has 1 aliphatic carbocycles. The Morgan fingerprint density at radius 1 is 0.917 bits per heavy atom. The lowest BCUT2D eigenvalue weighted by molar-refractivity contribution is 0.133. The average molecular weight is 316 g/mol. The van der Waals surface area contributed by atoms with E-state index in [4.69, 9.17) is 5.26 Å². The number of nitriles is 1. The first-order chi connectivity index (χ1) is 11.8. The number of benzene rings is 2. The van der Waals surface area contributed by atoms with E-state index in [0.717, 1.165) is 18.0 Å². The summed E-state index contributed by atoms with van der Waals surface area (Å²) in [6.07, 6.45) is 7.56. The van der Waals surface area contributed by atoms with Crippen molar-refractivity contribution in [3.63, 3.8) is 0 Å². The van der Waals surface area contributed by atoms with Crippen molar-refractivity contribution in [3.8, 4) is 6.07 Å². The van der Waals surface area contributed by atoms with Gasteiger partial charge in [-0.2, -0.15) is 5.26 Å². The normalized spacial score (nSPS) is 18.3. The van der Waals surface area contributed by atoms with E-state index < -0.39 is 0 Å². The number of hydrogen-bond donors (Lipinski definition) is 0. The van der Waals surface area contributed by atoms with Gasteiger partial charge in [0.1, 0.15) is 0 Å². The van der Waals surface area contributed by atoms with Gasteiger partial charge < -0.3 is 0 Å². The molecule has 0 aromatic heterocycles. The van der Waals surface area contributed by atoms with Crippen LogP contribution >= 0.6 is 0 Å². The molecule has 0 amide bonds. The molecule has 2 aliphatic rings. The van der Waals surface area contributed by atoms with Crippen molar-refractivity contribution in [2.75, 3.05) is 13.1 Å². The first-order valence-electron chi connectivity index (χ1n) is 9.15. The molecule has 1 aliphatic heterocycles. The predicted octanol–water partition coefficient (Wildman–Crippen LogP) is 4.10. The van der Waals surface area contributed by atoms with Crippen LogP contribution in [0.1, 0.15) is 47.1 Å². The molecule has 2 heteroatoms. The summed E-state index contributed by atoms with van der Waals surface area (Å²) in [5, 5.41) is 8.91. The average Bonchev–Trinajstić information content (AvgIpc) is 2.77. The highest BCUT2D eigenvalue weighted by Crippen LogP contribution is 2.28. The summed E-state index contributed by atoms with van der Waals surface area (Å²) in [5.41, 5.74) is 6.48. The van der Waals surface area contributed by atoms with Crippen molar-refractivity contribution in [1.29, 1.82) is 5.26 Å². The van der Waals surface area contributed by atoms with Crippen LogP contribution in [0.15, 0.2) is 42.5 Å². The summed E-state index contributed by atoms with van der Waals surface area (Å²) in [5.74, 6) is 0. The van der Waals surface area contributed by atoms with Gasteiger partial charge in [-0.3, -0.25) is 4.90 Å². The van der Waals surface area contributed by atoms with E-state index in [1.807, 2.05) is 12.1 Å². The topological polar surface area (TPSA) is 27.0 Å². The third-order valence-electron chi connectivity index (χ3n) is 5.69. The number of hydrogen-bond acceptors (Lipinski definition) is 2. The van der Waals surface area contributed by atoms with Crippen molar-refractivity contribution in [1.82, 2.24) is 4.90 Å². The molecule has 0 N–H and O–H groups in total. The number of fused-ring (bicyclic) bond motifs is 1. The zero-order valence-electron chi connectivity index (χ0n) is 14.2. The summed E-state index contributed by atoms with van der Waals surface area (Å²) in [7, 11) is 0. The molecule has 1 saturated carbocycles. The quantitative estimate of drug-likeness (QED) is 0.852. The van der Waals surface area contributed by atoms with E-state index >= 15 is 0 Å². The Balaban J connectivity index is 1.47. The minimum atomic E-state index is 0.733. The minimum Gasteiger partial charge on any atom is -0.300 e. The van der Waals surface area contributed by atoms with Gasteiger partial charge in [-0.05, 0) is 66.5 Å². The Morgan fingerprint density at radius 3 is 2.29 bits per heavy atom. The van der Waals surface area contributed by atoms with Crippen LogP contribution in [-0.4, -0.2) is 24.0 Å². The molecule has 4 rings (SSSR count). The van der Waals surface area contributed by atoms with Crippen LogP contribution in [0, 0.1) is 11.3 Å². The van der Waals surface area contributed by atoms with Crippen LogP contribution in [0.4, 0.5) is 0 Å². The highest BCUT2D eigenvalue weighted by atomic mass is 15.2. The fraction of sp³-hybridized carbons (Fsp3) is 0.409. The highest BCUT2D eigenvalue weighted by molar-refractivity contribution is 5.38. The zero-order chi connectivity index (χ0) is 16.4. The summed E-state index contributed by atoms with van der Waals surface area (Å²) in [4.78, 5) is 2.71. The summed E-state index contributed by atoms with van der Waals surface area (Å²) < 4.78 is 0. The van der Waals surface area contributed by atoms with Crippen LogP contribution in [0.2, 0.25) is 0 Å². The molecule has 1 fully saturated rings. The third-order valence-corrected chi connectivity index (χ3v) is 5.69. The largest absolute Gasteiger partial charge is 0.300 e. The summed E-state index contributed by atoms with van der Waals surface area (Å²) in [6, 6.07) is 18.1. The predicted molar refractivity (Wildman–Crippen MR) is 97.0 cm³/mol. The van der Waals surface area contributed by atoms with Gasteiger partial charge in [0.15, 0.2) is 0 Å². The van der Waals surface area contributed by atoms with Gasteiger partial charge in [-0.1, -0.05) is 36.8 Å². The smallest absolute Gasteiger partial charge is 0.0991 e. The molecule has 2 aromatic rings. The first kappa shape index (κ1) is 15.4. The van der Waals surface area contributed by atoms with E-state index in [2.05, 4.69) is 41.3 Å². The fourth-order valence-corrected chi connectivity index (χ4v) is 3.96. The SMILES string of the molecule is N#Cc1ccc(Cc2ccc3c(c2)CCN(C2CCC2)CC3)cc1. The minimum absolute atomic E-state index is 0.733. The maximum absolute atomic E-state index is 8.91. The van der Waals surface area contributed by atoms with Gasteiger partial charge in [0.2, 0.25) is 0 Å². The van der Waals surface area contributed by atoms with E-state index in [9.17, 15) is 0 Å². The third kappa shape index (κ3) is 3.23.